The molecule has 1 saturated heterocycles. The van der Waals surface area contributed by atoms with Crippen molar-refractivity contribution in [2.24, 2.45) is 0 Å². The van der Waals surface area contributed by atoms with E-state index in [4.69, 9.17) is 10.5 Å². The van der Waals surface area contributed by atoms with E-state index in [2.05, 4.69) is 9.88 Å². The maximum absolute atomic E-state index is 11.8. The lowest BCUT2D eigenvalue weighted by molar-refractivity contribution is 0.0698. The number of pyridine rings is 1. The minimum Gasteiger partial charge on any atom is -0.493 e. The van der Waals surface area contributed by atoms with Crippen LogP contribution in [0.3, 0.4) is 0 Å². The van der Waals surface area contributed by atoms with Gasteiger partial charge in [-0.1, -0.05) is 18.2 Å². The van der Waals surface area contributed by atoms with Crippen molar-refractivity contribution in [3.05, 3.63) is 42.0 Å². The van der Waals surface area contributed by atoms with Gasteiger partial charge in [-0.05, 0) is 44.5 Å². The Morgan fingerprint density at radius 1 is 1.19 bits per heavy atom. The van der Waals surface area contributed by atoms with Crippen LogP contribution in [-0.4, -0.2) is 47.2 Å². The summed E-state index contributed by atoms with van der Waals surface area (Å²) < 4.78 is 5.85. The monoisotopic (exact) mass is 365 g/mol. The lowest BCUT2D eigenvalue weighted by atomic mass is 10.0. The largest absolute Gasteiger partial charge is 0.493 e. The van der Waals surface area contributed by atoms with Gasteiger partial charge in [-0.25, -0.2) is 9.78 Å². The first-order valence-corrected chi connectivity index (χ1v) is 9.34. The molecule has 0 radical (unpaired) electrons. The summed E-state index contributed by atoms with van der Waals surface area (Å²) in [5, 5.41) is 10.9. The zero-order valence-corrected chi connectivity index (χ0v) is 15.1. The summed E-state index contributed by atoms with van der Waals surface area (Å²) in [5.74, 6) is -0.519. The van der Waals surface area contributed by atoms with Crippen LogP contribution in [0.2, 0.25) is 0 Å². The summed E-state index contributed by atoms with van der Waals surface area (Å²) in [6.45, 7) is 3.88. The Morgan fingerprint density at radius 3 is 2.74 bits per heavy atom. The highest BCUT2D eigenvalue weighted by molar-refractivity contribution is 6.14. The number of nitrogens with two attached hydrogens (primary N) is 1. The van der Waals surface area contributed by atoms with Crippen LogP contribution in [0.5, 0.6) is 5.75 Å². The van der Waals surface area contributed by atoms with Crippen LogP contribution in [0, 0.1) is 0 Å². The quantitative estimate of drug-likeness (QED) is 0.513. The first-order valence-electron chi connectivity index (χ1n) is 9.34. The Morgan fingerprint density at radius 2 is 1.96 bits per heavy atom. The molecule has 140 valence electrons. The normalized spacial score (nSPS) is 14.8. The fourth-order valence-electron chi connectivity index (χ4n) is 3.77. The molecule has 0 spiro atoms. The summed E-state index contributed by atoms with van der Waals surface area (Å²) in [6, 6.07) is 10.8. The fraction of sp³-hybridized carbons (Fsp3) is 0.333. The maximum atomic E-state index is 11.8. The third kappa shape index (κ3) is 3.53. The number of aromatic nitrogens is 1. The number of hydrogen-bond donors (Lipinski definition) is 2. The van der Waals surface area contributed by atoms with E-state index in [1.54, 1.807) is 12.1 Å². The number of fused-ring (bicyclic) bond motifs is 2. The van der Waals surface area contributed by atoms with Crippen LogP contribution in [0.25, 0.3) is 21.8 Å². The number of aromatic carboxylic acids is 1. The average Bonchev–Trinajstić information content (AvgIpc) is 3.18. The van der Waals surface area contributed by atoms with Crippen molar-refractivity contribution in [1.29, 1.82) is 0 Å². The number of carbonyl (C=O) groups is 1. The Bertz CT molecular complexity index is 997. The van der Waals surface area contributed by atoms with Gasteiger partial charge in [0.15, 0.2) is 0 Å². The number of carboxylic acid groups (broad SMARTS) is 1. The van der Waals surface area contributed by atoms with Gasteiger partial charge in [-0.15, -0.1) is 0 Å². The average molecular weight is 365 g/mol. The predicted molar refractivity (Wildman–Crippen MR) is 106 cm³/mol. The first-order chi connectivity index (χ1) is 13.1. The van der Waals surface area contributed by atoms with Gasteiger partial charge in [-0.2, -0.15) is 0 Å². The molecule has 6 heteroatoms. The molecule has 3 N–H and O–H groups in total. The smallest absolute Gasteiger partial charge is 0.336 e. The van der Waals surface area contributed by atoms with E-state index in [9.17, 15) is 9.90 Å². The zero-order chi connectivity index (χ0) is 18.8. The fourth-order valence-corrected chi connectivity index (χ4v) is 3.77. The van der Waals surface area contributed by atoms with Crippen molar-refractivity contribution in [2.45, 2.75) is 19.3 Å². The Balaban J connectivity index is 1.63. The summed E-state index contributed by atoms with van der Waals surface area (Å²) in [5.41, 5.74) is 8.13. The summed E-state index contributed by atoms with van der Waals surface area (Å²) in [6.07, 6.45) is 3.46. The van der Waals surface area contributed by atoms with Gasteiger partial charge in [-0.3, -0.25) is 0 Å². The summed E-state index contributed by atoms with van der Waals surface area (Å²) in [4.78, 5) is 18.8. The maximum Gasteiger partial charge on any atom is 0.336 e. The molecule has 1 aliphatic heterocycles. The molecule has 0 saturated carbocycles. The molecule has 3 aromatic rings. The molecule has 2 aromatic carbocycles. The van der Waals surface area contributed by atoms with E-state index in [0.717, 1.165) is 37.0 Å². The van der Waals surface area contributed by atoms with E-state index in [-0.39, 0.29) is 5.56 Å². The number of rotatable bonds is 6. The van der Waals surface area contributed by atoms with Gasteiger partial charge in [0.2, 0.25) is 0 Å². The third-order valence-electron chi connectivity index (χ3n) is 5.11. The molecule has 27 heavy (non-hydrogen) atoms. The van der Waals surface area contributed by atoms with Gasteiger partial charge in [0, 0.05) is 23.4 Å². The molecule has 4 rings (SSSR count). The SMILES string of the molecule is Nc1c2ccccc2nc2cc(OCCCN3CCCC3)cc(C(=O)O)c12. The van der Waals surface area contributed by atoms with Crippen molar-refractivity contribution < 1.29 is 14.6 Å². The predicted octanol–water partition coefficient (Wildman–Crippen LogP) is 3.53. The number of benzene rings is 2. The van der Waals surface area contributed by atoms with Crippen LogP contribution < -0.4 is 10.5 Å². The molecular formula is C21H23N3O3. The second kappa shape index (κ2) is 7.40. The number of anilines is 1. The van der Waals surface area contributed by atoms with Gasteiger partial charge >= 0.3 is 5.97 Å². The van der Waals surface area contributed by atoms with Gasteiger partial charge < -0.3 is 20.5 Å². The van der Waals surface area contributed by atoms with Crippen molar-refractivity contribution in [3.8, 4) is 5.75 Å². The van der Waals surface area contributed by atoms with Crippen molar-refractivity contribution in [1.82, 2.24) is 9.88 Å². The Kier molecular flexibility index (Phi) is 4.81. The number of para-hydroxylation sites is 1. The Hall–Kier alpha value is -2.86. The van der Waals surface area contributed by atoms with Crippen LogP contribution in [-0.2, 0) is 0 Å². The van der Waals surface area contributed by atoms with Crippen LogP contribution in [0.4, 0.5) is 5.69 Å². The lowest BCUT2D eigenvalue weighted by Gasteiger charge is -2.15. The van der Waals surface area contributed by atoms with Crippen LogP contribution in [0.15, 0.2) is 36.4 Å². The number of likely N-dealkylation sites (tertiary alicyclic amines) is 1. The van der Waals surface area contributed by atoms with Crippen LogP contribution >= 0.6 is 0 Å². The molecule has 2 heterocycles. The number of carboxylic acids is 1. The van der Waals surface area contributed by atoms with E-state index in [1.807, 2.05) is 24.3 Å². The van der Waals surface area contributed by atoms with E-state index in [1.165, 1.54) is 12.8 Å². The first kappa shape index (κ1) is 17.5. The third-order valence-corrected chi connectivity index (χ3v) is 5.11. The molecule has 1 fully saturated rings. The van der Waals surface area contributed by atoms with Gasteiger partial charge in [0.05, 0.1) is 28.9 Å². The second-order valence-corrected chi connectivity index (χ2v) is 6.96. The molecule has 0 amide bonds. The van der Waals surface area contributed by atoms with Crippen LogP contribution in [0.1, 0.15) is 29.6 Å². The highest BCUT2D eigenvalue weighted by atomic mass is 16.5. The Labute approximate surface area is 157 Å². The molecule has 0 unspecified atom stereocenters. The number of ether oxygens (including phenoxy) is 1. The highest BCUT2D eigenvalue weighted by Gasteiger charge is 2.17. The number of hydrogen-bond acceptors (Lipinski definition) is 5. The van der Waals surface area contributed by atoms with Gasteiger partial charge in [0.1, 0.15) is 5.75 Å². The topological polar surface area (TPSA) is 88.7 Å². The minimum atomic E-state index is -1.04. The van der Waals surface area contributed by atoms with E-state index in [0.29, 0.717) is 28.9 Å². The summed E-state index contributed by atoms with van der Waals surface area (Å²) >= 11 is 0. The molecule has 6 nitrogen and oxygen atoms in total. The minimum absolute atomic E-state index is 0.123. The molecule has 0 aliphatic carbocycles. The van der Waals surface area contributed by atoms with Crippen molar-refractivity contribution in [2.75, 3.05) is 32.0 Å². The molecule has 0 atom stereocenters. The molecule has 1 aromatic heterocycles. The number of nitrogen functional groups attached to an aromatic ring is 1. The highest BCUT2D eigenvalue weighted by Crippen LogP contribution is 2.33. The van der Waals surface area contributed by atoms with E-state index < -0.39 is 5.97 Å². The summed E-state index contributed by atoms with van der Waals surface area (Å²) in [7, 11) is 0. The second-order valence-electron chi connectivity index (χ2n) is 6.96. The number of nitrogens with zero attached hydrogens (tertiary/aromatic N) is 2. The molecule has 1 aliphatic rings. The lowest BCUT2D eigenvalue weighted by Crippen LogP contribution is -2.21. The van der Waals surface area contributed by atoms with Crippen molar-refractivity contribution in [3.63, 3.8) is 0 Å². The van der Waals surface area contributed by atoms with E-state index >= 15 is 0 Å². The zero-order valence-electron chi connectivity index (χ0n) is 15.1. The van der Waals surface area contributed by atoms with Crippen molar-refractivity contribution >= 4 is 33.5 Å². The standard InChI is InChI=1S/C21H23N3O3/c22-20-15-6-1-2-7-17(15)23-18-13-14(12-16(19(18)20)21(25)26)27-11-5-10-24-8-3-4-9-24/h1-2,6-7,12-13H,3-5,8-11H2,(H2,22,23)(H,25,26). The molecule has 0 bridgehead atoms. The van der Waals surface area contributed by atoms with Gasteiger partial charge in [0.25, 0.3) is 0 Å². The molecular weight excluding hydrogens is 342 g/mol.